The molecule has 0 saturated carbocycles. The molecular weight excluding hydrogens is 358 g/mol. The Balaban J connectivity index is 2.29. The van der Waals surface area contributed by atoms with Crippen LogP contribution in [0.4, 0.5) is 0 Å². The number of nitrogens with one attached hydrogen (secondary N) is 2. The van der Waals surface area contributed by atoms with Gasteiger partial charge in [-0.15, -0.1) is 0 Å². The Morgan fingerprint density at radius 3 is 2.65 bits per heavy atom. The van der Waals surface area contributed by atoms with E-state index in [0.717, 1.165) is 12.7 Å². The van der Waals surface area contributed by atoms with E-state index < -0.39 is 16.0 Å². The predicted octanol–water partition coefficient (Wildman–Crippen LogP) is 1.22. The summed E-state index contributed by atoms with van der Waals surface area (Å²) in [5.74, 6) is -0.678. The minimum absolute atomic E-state index is 0.216. The van der Waals surface area contributed by atoms with E-state index in [0.29, 0.717) is 54.9 Å². The summed E-state index contributed by atoms with van der Waals surface area (Å²) >= 11 is 0. The Hall–Kier alpha value is -1.87. The summed E-state index contributed by atoms with van der Waals surface area (Å²) in [6.45, 7) is 4.58. The van der Waals surface area contributed by atoms with Gasteiger partial charge in [-0.3, -0.25) is 4.79 Å². The average Bonchev–Trinajstić information content (AvgIpc) is 2.89. The number of H-pyrrole nitrogens is 1. The summed E-state index contributed by atoms with van der Waals surface area (Å²) in [5, 5.41) is 0. The number of rotatable bonds is 6. The quantitative estimate of drug-likeness (QED) is 0.716. The van der Waals surface area contributed by atoms with Crippen molar-refractivity contribution in [1.82, 2.24) is 14.6 Å². The zero-order chi connectivity index (χ0) is 19.5. The molecule has 8 nitrogen and oxygen atoms in total. The van der Waals surface area contributed by atoms with Crippen molar-refractivity contribution in [3.63, 3.8) is 0 Å². The third kappa shape index (κ3) is 4.64. The monoisotopic (exact) mass is 385 g/mol. The fourth-order valence-corrected chi connectivity index (χ4v) is 4.25. The van der Waals surface area contributed by atoms with Gasteiger partial charge in [0, 0.05) is 24.8 Å². The maximum atomic E-state index is 13.0. The standard InChI is InChI=1S/C17H27N3O5S/c1-5-7-13-14(17(22)25-3)11(2)18-15(13)16(21)20-9-6-8-12(10-20)19-26(4,23)24/h12,18-19H,5-10H2,1-4H3/t12-/m0/s1. The number of methoxy groups -OCH3 is 1. The second kappa shape index (κ2) is 8.22. The Labute approximate surface area is 154 Å². The van der Waals surface area contributed by atoms with Crippen molar-refractivity contribution in [3.8, 4) is 0 Å². The third-order valence-electron chi connectivity index (χ3n) is 4.48. The lowest BCUT2D eigenvalue weighted by atomic mass is 10.0. The molecule has 1 aliphatic heterocycles. The molecule has 0 unspecified atom stereocenters. The van der Waals surface area contributed by atoms with Gasteiger partial charge in [-0.1, -0.05) is 13.3 Å². The van der Waals surface area contributed by atoms with E-state index >= 15 is 0 Å². The normalized spacial score (nSPS) is 18.0. The van der Waals surface area contributed by atoms with Gasteiger partial charge in [0.2, 0.25) is 10.0 Å². The molecule has 1 aromatic rings. The first-order valence-electron chi connectivity index (χ1n) is 8.74. The number of esters is 1. The fourth-order valence-electron chi connectivity index (χ4n) is 3.46. The van der Waals surface area contributed by atoms with Crippen LogP contribution < -0.4 is 4.72 Å². The maximum Gasteiger partial charge on any atom is 0.339 e. The molecule has 1 aromatic heterocycles. The van der Waals surface area contributed by atoms with Crippen LogP contribution in [0.15, 0.2) is 0 Å². The van der Waals surface area contributed by atoms with E-state index in [-0.39, 0.29) is 11.9 Å². The van der Waals surface area contributed by atoms with E-state index in [2.05, 4.69) is 9.71 Å². The number of sulfonamides is 1. The highest BCUT2D eigenvalue weighted by molar-refractivity contribution is 7.88. The number of ether oxygens (including phenoxy) is 1. The molecule has 2 N–H and O–H groups in total. The number of hydrogen-bond acceptors (Lipinski definition) is 5. The molecule has 1 amide bonds. The molecule has 1 saturated heterocycles. The van der Waals surface area contributed by atoms with Crippen molar-refractivity contribution in [2.75, 3.05) is 26.5 Å². The van der Waals surface area contributed by atoms with Crippen molar-refractivity contribution in [2.45, 2.75) is 45.6 Å². The lowest BCUT2D eigenvalue weighted by Crippen LogP contribution is -2.49. The molecule has 9 heteroatoms. The van der Waals surface area contributed by atoms with Gasteiger partial charge in [-0.05, 0) is 31.7 Å². The van der Waals surface area contributed by atoms with Crippen molar-refractivity contribution >= 4 is 21.9 Å². The number of amides is 1. The van der Waals surface area contributed by atoms with Gasteiger partial charge in [0.1, 0.15) is 5.69 Å². The van der Waals surface area contributed by atoms with Crippen LogP contribution in [0.1, 0.15) is 58.3 Å². The molecule has 26 heavy (non-hydrogen) atoms. The van der Waals surface area contributed by atoms with Gasteiger partial charge in [0.05, 0.1) is 18.9 Å². The molecule has 0 aromatic carbocycles. The smallest absolute Gasteiger partial charge is 0.339 e. The number of nitrogens with zero attached hydrogens (tertiary/aromatic N) is 1. The van der Waals surface area contributed by atoms with Crippen molar-refractivity contribution in [2.24, 2.45) is 0 Å². The highest BCUT2D eigenvalue weighted by Crippen LogP contribution is 2.24. The van der Waals surface area contributed by atoms with Crippen molar-refractivity contribution in [3.05, 3.63) is 22.5 Å². The van der Waals surface area contributed by atoms with Crippen LogP contribution in [-0.4, -0.2) is 62.7 Å². The number of likely N-dealkylation sites (tertiary alicyclic amines) is 1. The van der Waals surface area contributed by atoms with Crippen LogP contribution in [-0.2, 0) is 21.2 Å². The molecule has 2 heterocycles. The third-order valence-corrected chi connectivity index (χ3v) is 5.25. The number of aryl methyl sites for hydroxylation is 1. The largest absolute Gasteiger partial charge is 0.465 e. The van der Waals surface area contributed by atoms with Crippen molar-refractivity contribution < 1.29 is 22.7 Å². The molecule has 146 valence electrons. The molecule has 1 atom stereocenters. The zero-order valence-corrected chi connectivity index (χ0v) is 16.5. The topological polar surface area (TPSA) is 109 Å². The molecule has 2 rings (SSSR count). The van der Waals surface area contributed by atoms with Crippen molar-refractivity contribution in [1.29, 1.82) is 0 Å². The first kappa shape index (κ1) is 20.4. The SMILES string of the molecule is CCCc1c(C(=O)N2CCC[C@H](NS(C)(=O)=O)C2)[nH]c(C)c1C(=O)OC. The summed E-state index contributed by atoms with van der Waals surface area (Å²) in [6.07, 6.45) is 3.88. The number of piperidine rings is 1. The van der Waals surface area contributed by atoms with Gasteiger partial charge >= 0.3 is 5.97 Å². The van der Waals surface area contributed by atoms with Crippen LogP contribution in [0.5, 0.6) is 0 Å². The Morgan fingerprint density at radius 2 is 2.08 bits per heavy atom. The average molecular weight is 385 g/mol. The van der Waals surface area contributed by atoms with Crippen LogP contribution in [0.2, 0.25) is 0 Å². The van der Waals surface area contributed by atoms with E-state index in [1.165, 1.54) is 7.11 Å². The minimum Gasteiger partial charge on any atom is -0.465 e. The van der Waals surface area contributed by atoms with E-state index in [1.807, 2.05) is 6.92 Å². The van der Waals surface area contributed by atoms with E-state index in [9.17, 15) is 18.0 Å². The van der Waals surface area contributed by atoms with E-state index in [1.54, 1.807) is 11.8 Å². The number of aromatic nitrogens is 1. The molecule has 0 bridgehead atoms. The lowest BCUT2D eigenvalue weighted by Gasteiger charge is -2.32. The Morgan fingerprint density at radius 1 is 1.38 bits per heavy atom. The predicted molar refractivity (Wildman–Crippen MR) is 97.8 cm³/mol. The number of carbonyl (C=O) groups excluding carboxylic acids is 2. The van der Waals surface area contributed by atoms with Crippen LogP contribution in [0.25, 0.3) is 0 Å². The van der Waals surface area contributed by atoms with Gasteiger partial charge in [0.25, 0.3) is 5.91 Å². The maximum absolute atomic E-state index is 13.0. The molecule has 1 aliphatic rings. The molecule has 0 aliphatic carbocycles. The number of hydrogen-bond donors (Lipinski definition) is 2. The van der Waals surface area contributed by atoms with Gasteiger partial charge in [0.15, 0.2) is 0 Å². The molecule has 1 fully saturated rings. The van der Waals surface area contributed by atoms with Crippen LogP contribution in [0, 0.1) is 6.92 Å². The summed E-state index contributed by atoms with van der Waals surface area (Å²) in [5.41, 5.74) is 2.08. The second-order valence-corrected chi connectivity index (χ2v) is 8.48. The molecule has 0 spiro atoms. The van der Waals surface area contributed by atoms with Gasteiger partial charge < -0.3 is 14.6 Å². The molecular formula is C17H27N3O5S. The Kier molecular flexibility index (Phi) is 6.46. The number of aromatic amines is 1. The second-order valence-electron chi connectivity index (χ2n) is 6.70. The number of carbonyl (C=O) groups is 2. The minimum atomic E-state index is -3.33. The summed E-state index contributed by atoms with van der Waals surface area (Å²) in [4.78, 5) is 29.8. The molecule has 0 radical (unpaired) electrons. The van der Waals surface area contributed by atoms with Crippen LogP contribution >= 0.6 is 0 Å². The van der Waals surface area contributed by atoms with E-state index in [4.69, 9.17) is 4.74 Å². The Bertz CT molecular complexity index is 785. The summed E-state index contributed by atoms with van der Waals surface area (Å²) in [6, 6.07) is -0.298. The summed E-state index contributed by atoms with van der Waals surface area (Å²) < 4.78 is 30.4. The highest BCUT2D eigenvalue weighted by Gasteiger charge is 2.31. The van der Waals surface area contributed by atoms with Gasteiger partial charge in [-0.25, -0.2) is 17.9 Å². The lowest BCUT2D eigenvalue weighted by molar-refractivity contribution is 0.0599. The zero-order valence-electron chi connectivity index (χ0n) is 15.7. The van der Waals surface area contributed by atoms with Crippen LogP contribution in [0.3, 0.4) is 0 Å². The highest BCUT2D eigenvalue weighted by atomic mass is 32.2. The summed E-state index contributed by atoms with van der Waals surface area (Å²) in [7, 11) is -2.01. The fraction of sp³-hybridized carbons (Fsp3) is 0.647. The van der Waals surface area contributed by atoms with Gasteiger partial charge in [-0.2, -0.15) is 0 Å². The first-order valence-corrected chi connectivity index (χ1v) is 10.6. The first-order chi connectivity index (χ1) is 12.2.